The van der Waals surface area contributed by atoms with Gasteiger partial charge in [-0.3, -0.25) is 13.9 Å². The Bertz CT molecular complexity index is 1470. The second-order valence-corrected chi connectivity index (χ2v) is 12.7. The third kappa shape index (κ3) is 7.89. The van der Waals surface area contributed by atoms with Crippen LogP contribution in [0.15, 0.2) is 71.6 Å². The average Bonchev–Trinajstić information content (AvgIpc) is 2.93. The molecule has 0 aliphatic rings. The lowest BCUT2D eigenvalue weighted by molar-refractivity contribution is -0.140. The Hall–Kier alpha value is -3.36. The monoisotopic (exact) mass is 597 g/mol. The van der Waals surface area contributed by atoms with Gasteiger partial charge in [0.05, 0.1) is 10.6 Å². The molecule has 0 bridgehead atoms. The molecule has 0 aliphatic heterocycles. The van der Waals surface area contributed by atoms with Crippen LogP contribution in [-0.2, 0) is 26.2 Å². The van der Waals surface area contributed by atoms with Crippen molar-refractivity contribution in [1.82, 2.24) is 10.2 Å². The lowest BCUT2D eigenvalue weighted by Gasteiger charge is -2.34. The summed E-state index contributed by atoms with van der Waals surface area (Å²) in [4.78, 5) is 29.2. The number of halogens is 1. The third-order valence-electron chi connectivity index (χ3n) is 7.22. The Balaban J connectivity index is 2.10. The van der Waals surface area contributed by atoms with Crippen LogP contribution in [0, 0.1) is 20.8 Å². The highest BCUT2D eigenvalue weighted by molar-refractivity contribution is 7.92. The van der Waals surface area contributed by atoms with E-state index in [1.807, 2.05) is 58.9 Å². The van der Waals surface area contributed by atoms with Crippen molar-refractivity contribution in [2.24, 2.45) is 0 Å². The fraction of sp³-hybridized carbons (Fsp3) is 0.375. The van der Waals surface area contributed by atoms with E-state index in [4.69, 9.17) is 11.6 Å². The van der Waals surface area contributed by atoms with Crippen LogP contribution in [0.25, 0.3) is 0 Å². The van der Waals surface area contributed by atoms with Gasteiger partial charge in [0.15, 0.2) is 0 Å². The molecule has 0 radical (unpaired) electrons. The number of hydrogen-bond acceptors (Lipinski definition) is 4. The minimum atomic E-state index is -4.17. The molecular weight excluding hydrogens is 558 g/mol. The number of amides is 2. The SMILES string of the molecule is CC[C@@H](C)NC(=O)[C@@H](CC)N(Cc1cccc(C)c1)C(=O)CN(c1cccc(Cl)c1C)S(=O)(=O)c1ccc(C)cc1. The van der Waals surface area contributed by atoms with E-state index in [1.54, 1.807) is 37.3 Å². The van der Waals surface area contributed by atoms with Crippen molar-refractivity contribution in [3.8, 4) is 0 Å². The van der Waals surface area contributed by atoms with Gasteiger partial charge in [-0.15, -0.1) is 0 Å². The summed E-state index contributed by atoms with van der Waals surface area (Å²) in [5, 5.41) is 3.38. The molecule has 7 nitrogen and oxygen atoms in total. The molecule has 0 saturated carbocycles. The third-order valence-corrected chi connectivity index (χ3v) is 9.40. The van der Waals surface area contributed by atoms with Crippen LogP contribution in [0.5, 0.6) is 0 Å². The normalized spacial score (nSPS) is 12.9. The first-order valence-electron chi connectivity index (χ1n) is 13.9. The molecule has 2 amide bonds. The topological polar surface area (TPSA) is 86.8 Å². The summed E-state index contributed by atoms with van der Waals surface area (Å²) in [6.45, 7) is 10.9. The number of anilines is 1. The molecule has 3 aromatic rings. The Morgan fingerprint density at radius 3 is 2.17 bits per heavy atom. The van der Waals surface area contributed by atoms with E-state index in [9.17, 15) is 18.0 Å². The van der Waals surface area contributed by atoms with Crippen LogP contribution in [-0.4, -0.2) is 43.8 Å². The molecule has 0 saturated heterocycles. The highest BCUT2D eigenvalue weighted by atomic mass is 35.5. The smallest absolute Gasteiger partial charge is 0.264 e. The van der Waals surface area contributed by atoms with Crippen LogP contribution < -0.4 is 9.62 Å². The Morgan fingerprint density at radius 2 is 1.56 bits per heavy atom. The number of benzene rings is 3. The average molecular weight is 598 g/mol. The lowest BCUT2D eigenvalue weighted by atomic mass is 10.1. The minimum Gasteiger partial charge on any atom is -0.352 e. The van der Waals surface area contributed by atoms with Gasteiger partial charge in [0.25, 0.3) is 10.0 Å². The predicted molar refractivity (Wildman–Crippen MR) is 166 cm³/mol. The number of hydrogen-bond donors (Lipinski definition) is 1. The molecule has 3 rings (SSSR count). The Morgan fingerprint density at radius 1 is 0.902 bits per heavy atom. The van der Waals surface area contributed by atoms with Crippen LogP contribution in [0.3, 0.4) is 0 Å². The van der Waals surface area contributed by atoms with Crippen molar-refractivity contribution < 1.29 is 18.0 Å². The number of nitrogens with zero attached hydrogens (tertiary/aromatic N) is 2. The quantitative estimate of drug-likeness (QED) is 0.270. The predicted octanol–water partition coefficient (Wildman–Crippen LogP) is 6.18. The van der Waals surface area contributed by atoms with E-state index < -0.39 is 28.5 Å². The molecule has 1 N–H and O–H groups in total. The van der Waals surface area contributed by atoms with Crippen LogP contribution in [0.2, 0.25) is 5.02 Å². The fourth-order valence-corrected chi connectivity index (χ4v) is 6.23. The van der Waals surface area contributed by atoms with Crippen molar-refractivity contribution in [3.63, 3.8) is 0 Å². The molecule has 41 heavy (non-hydrogen) atoms. The molecule has 0 heterocycles. The van der Waals surface area contributed by atoms with Gasteiger partial charge in [0.2, 0.25) is 11.8 Å². The van der Waals surface area contributed by atoms with Gasteiger partial charge in [0.1, 0.15) is 12.6 Å². The van der Waals surface area contributed by atoms with Gasteiger partial charge in [0, 0.05) is 17.6 Å². The Labute approximate surface area is 249 Å². The van der Waals surface area contributed by atoms with Crippen LogP contribution in [0.4, 0.5) is 5.69 Å². The molecule has 220 valence electrons. The molecule has 0 aromatic heterocycles. The van der Waals surface area contributed by atoms with Gasteiger partial charge in [-0.1, -0.05) is 79.0 Å². The second kappa shape index (κ2) is 14.0. The van der Waals surface area contributed by atoms with E-state index in [-0.39, 0.29) is 23.4 Å². The maximum atomic E-state index is 14.2. The molecule has 0 unspecified atom stereocenters. The maximum Gasteiger partial charge on any atom is 0.264 e. The molecule has 0 aliphatic carbocycles. The lowest BCUT2D eigenvalue weighted by Crippen LogP contribution is -2.53. The zero-order valence-electron chi connectivity index (χ0n) is 24.6. The van der Waals surface area contributed by atoms with Crippen molar-refractivity contribution in [2.75, 3.05) is 10.8 Å². The van der Waals surface area contributed by atoms with Crippen molar-refractivity contribution >= 4 is 39.1 Å². The highest BCUT2D eigenvalue weighted by Crippen LogP contribution is 2.31. The molecule has 9 heteroatoms. The van der Waals surface area contributed by atoms with Crippen molar-refractivity contribution in [2.45, 2.75) is 77.9 Å². The van der Waals surface area contributed by atoms with E-state index in [0.717, 1.165) is 27.4 Å². The van der Waals surface area contributed by atoms with E-state index >= 15 is 0 Å². The number of nitrogens with one attached hydrogen (secondary N) is 1. The first-order valence-corrected chi connectivity index (χ1v) is 15.7. The first-order chi connectivity index (χ1) is 19.4. The largest absolute Gasteiger partial charge is 0.352 e. The number of carbonyl (C=O) groups excluding carboxylic acids is 2. The minimum absolute atomic E-state index is 0.0575. The summed E-state index contributed by atoms with van der Waals surface area (Å²) in [5.74, 6) is -0.762. The number of carbonyl (C=O) groups is 2. The Kier molecular flexibility index (Phi) is 11.0. The molecule has 0 fully saturated rings. The van der Waals surface area contributed by atoms with E-state index in [2.05, 4.69) is 5.32 Å². The zero-order chi connectivity index (χ0) is 30.3. The maximum absolute atomic E-state index is 14.2. The fourth-order valence-electron chi connectivity index (χ4n) is 4.58. The summed E-state index contributed by atoms with van der Waals surface area (Å²) in [6.07, 6.45) is 1.10. The molecule has 0 spiro atoms. The summed E-state index contributed by atoms with van der Waals surface area (Å²) < 4.78 is 29.2. The van der Waals surface area contributed by atoms with Crippen LogP contribution in [0.1, 0.15) is 55.9 Å². The first kappa shape index (κ1) is 32.2. The van der Waals surface area contributed by atoms with Gasteiger partial charge >= 0.3 is 0 Å². The van der Waals surface area contributed by atoms with Gasteiger partial charge in [-0.2, -0.15) is 0 Å². The standard InChI is InChI=1S/C32H40ClN3O4S/c1-7-24(5)34-32(38)29(8-2)35(20-26-12-9-11-23(4)19-26)31(37)21-36(30-14-10-13-28(33)25(30)6)41(39,40)27-17-15-22(3)16-18-27/h9-19,24,29H,7-8,20-21H2,1-6H3,(H,34,38)/t24-,29-/m1/s1. The van der Waals surface area contributed by atoms with Crippen molar-refractivity contribution in [3.05, 3.63) is 94.0 Å². The van der Waals surface area contributed by atoms with Crippen LogP contribution >= 0.6 is 11.6 Å². The van der Waals surface area contributed by atoms with Gasteiger partial charge < -0.3 is 10.2 Å². The molecular formula is C32H40ClN3O4S. The second-order valence-electron chi connectivity index (χ2n) is 10.5. The van der Waals surface area contributed by atoms with Gasteiger partial charge in [-0.25, -0.2) is 8.42 Å². The van der Waals surface area contributed by atoms with Crippen molar-refractivity contribution in [1.29, 1.82) is 0 Å². The summed E-state index contributed by atoms with van der Waals surface area (Å²) in [7, 11) is -4.17. The number of sulfonamides is 1. The van der Waals surface area contributed by atoms with Gasteiger partial charge in [-0.05, 0) is 75.9 Å². The molecule has 3 aromatic carbocycles. The zero-order valence-corrected chi connectivity index (χ0v) is 26.2. The summed E-state index contributed by atoms with van der Waals surface area (Å²) in [5.41, 5.74) is 3.61. The highest BCUT2D eigenvalue weighted by Gasteiger charge is 2.34. The van der Waals surface area contributed by atoms with E-state index in [0.29, 0.717) is 22.7 Å². The molecule has 2 atom stereocenters. The number of aryl methyl sites for hydroxylation is 2. The summed E-state index contributed by atoms with van der Waals surface area (Å²) >= 11 is 6.40. The number of rotatable bonds is 12. The summed E-state index contributed by atoms with van der Waals surface area (Å²) in [6, 6.07) is 18.3. The van der Waals surface area contributed by atoms with E-state index in [1.165, 1.54) is 17.0 Å².